The summed E-state index contributed by atoms with van der Waals surface area (Å²) in [6.45, 7) is 10.9. The van der Waals surface area contributed by atoms with Gasteiger partial charge in [-0.05, 0) is 43.6 Å². The maximum atomic E-state index is 12.8. The van der Waals surface area contributed by atoms with E-state index >= 15 is 0 Å². The highest BCUT2D eigenvalue weighted by Crippen LogP contribution is 2.39. The summed E-state index contributed by atoms with van der Waals surface area (Å²) < 4.78 is 0. The van der Waals surface area contributed by atoms with Crippen LogP contribution >= 0.6 is 0 Å². The molecular weight excluding hydrogens is 248 g/mol. The lowest BCUT2D eigenvalue weighted by molar-refractivity contribution is -0.132. The first-order valence-electron chi connectivity index (χ1n) is 8.41. The van der Waals surface area contributed by atoms with Crippen LogP contribution in [0.25, 0.3) is 0 Å². The standard InChI is InChI=1S/C17H32N2O/c1-5-17(10-11-18-12-17)15(20)19-14-9-7-6-8-13(14)16(2,3)4/h13-14,18H,5-12H2,1-4H3,(H,19,20). The van der Waals surface area contributed by atoms with Crippen LogP contribution in [0.5, 0.6) is 0 Å². The average molecular weight is 280 g/mol. The summed E-state index contributed by atoms with van der Waals surface area (Å²) in [5.74, 6) is 0.912. The topological polar surface area (TPSA) is 41.1 Å². The predicted molar refractivity (Wildman–Crippen MR) is 83.6 cm³/mol. The van der Waals surface area contributed by atoms with E-state index in [1.807, 2.05) is 0 Å². The van der Waals surface area contributed by atoms with Crippen LogP contribution in [0.3, 0.4) is 0 Å². The van der Waals surface area contributed by atoms with Gasteiger partial charge in [-0.15, -0.1) is 0 Å². The molecule has 1 heterocycles. The number of carbonyl (C=O) groups excluding carboxylic acids is 1. The third-order valence-corrected chi connectivity index (χ3v) is 5.60. The molecule has 2 fully saturated rings. The van der Waals surface area contributed by atoms with Crippen molar-refractivity contribution in [3.05, 3.63) is 0 Å². The second-order valence-electron chi connectivity index (χ2n) is 7.90. The molecule has 0 aromatic heterocycles. The van der Waals surface area contributed by atoms with Crippen LogP contribution in [-0.2, 0) is 4.79 Å². The van der Waals surface area contributed by atoms with Gasteiger partial charge < -0.3 is 10.6 Å². The molecule has 3 atom stereocenters. The molecule has 2 N–H and O–H groups in total. The first-order chi connectivity index (χ1) is 9.39. The van der Waals surface area contributed by atoms with E-state index in [0.717, 1.165) is 32.4 Å². The second kappa shape index (κ2) is 6.05. The van der Waals surface area contributed by atoms with Crippen LogP contribution in [0.2, 0.25) is 0 Å². The third-order valence-electron chi connectivity index (χ3n) is 5.60. The van der Waals surface area contributed by atoms with Crippen molar-refractivity contribution in [2.45, 2.75) is 72.3 Å². The van der Waals surface area contributed by atoms with Crippen molar-refractivity contribution in [1.29, 1.82) is 0 Å². The molecule has 2 rings (SSSR count). The number of hydrogen-bond donors (Lipinski definition) is 2. The molecule has 3 unspecified atom stereocenters. The van der Waals surface area contributed by atoms with E-state index in [0.29, 0.717) is 17.9 Å². The molecule has 1 saturated carbocycles. The van der Waals surface area contributed by atoms with Crippen molar-refractivity contribution >= 4 is 5.91 Å². The number of nitrogens with one attached hydrogen (secondary N) is 2. The fraction of sp³-hybridized carbons (Fsp3) is 0.941. The van der Waals surface area contributed by atoms with Crippen molar-refractivity contribution < 1.29 is 4.79 Å². The molecule has 0 radical (unpaired) electrons. The number of carbonyl (C=O) groups is 1. The zero-order valence-electron chi connectivity index (χ0n) is 13.7. The quantitative estimate of drug-likeness (QED) is 0.834. The Morgan fingerprint density at radius 1 is 1.30 bits per heavy atom. The Balaban J connectivity index is 2.05. The molecule has 20 heavy (non-hydrogen) atoms. The summed E-state index contributed by atoms with van der Waals surface area (Å²) in [5, 5.41) is 6.79. The summed E-state index contributed by atoms with van der Waals surface area (Å²) >= 11 is 0. The van der Waals surface area contributed by atoms with E-state index in [-0.39, 0.29) is 10.8 Å². The highest BCUT2D eigenvalue weighted by Gasteiger charge is 2.42. The minimum atomic E-state index is -0.153. The first kappa shape index (κ1) is 15.8. The van der Waals surface area contributed by atoms with E-state index in [1.54, 1.807) is 0 Å². The highest BCUT2D eigenvalue weighted by molar-refractivity contribution is 5.83. The van der Waals surface area contributed by atoms with Crippen LogP contribution in [-0.4, -0.2) is 25.0 Å². The number of rotatable bonds is 3. The third kappa shape index (κ3) is 3.19. The Morgan fingerprint density at radius 3 is 2.55 bits per heavy atom. The van der Waals surface area contributed by atoms with Gasteiger partial charge in [0.05, 0.1) is 5.41 Å². The van der Waals surface area contributed by atoms with E-state index in [4.69, 9.17) is 0 Å². The van der Waals surface area contributed by atoms with Gasteiger partial charge in [-0.3, -0.25) is 4.79 Å². The normalized spacial score (nSPS) is 35.0. The summed E-state index contributed by atoms with van der Waals surface area (Å²) in [7, 11) is 0. The maximum Gasteiger partial charge on any atom is 0.227 e. The smallest absolute Gasteiger partial charge is 0.227 e. The van der Waals surface area contributed by atoms with Gasteiger partial charge in [0.15, 0.2) is 0 Å². The Bertz CT molecular complexity index is 339. The van der Waals surface area contributed by atoms with E-state index in [9.17, 15) is 4.79 Å². The lowest BCUT2D eigenvalue weighted by Gasteiger charge is -2.42. The molecule has 1 saturated heterocycles. The predicted octanol–water partition coefficient (Wildman–Crippen LogP) is 3.10. The van der Waals surface area contributed by atoms with Crippen LogP contribution < -0.4 is 10.6 Å². The van der Waals surface area contributed by atoms with Crippen molar-refractivity contribution in [2.75, 3.05) is 13.1 Å². The SMILES string of the molecule is CCC1(C(=O)NC2CCCCC2C(C)(C)C)CCNC1. The van der Waals surface area contributed by atoms with Crippen molar-refractivity contribution in [3.63, 3.8) is 0 Å². The van der Waals surface area contributed by atoms with Gasteiger partial charge in [0.25, 0.3) is 0 Å². The van der Waals surface area contributed by atoms with Crippen LogP contribution in [0.4, 0.5) is 0 Å². The highest BCUT2D eigenvalue weighted by atomic mass is 16.2. The Hall–Kier alpha value is -0.570. The van der Waals surface area contributed by atoms with Gasteiger partial charge in [-0.2, -0.15) is 0 Å². The molecule has 1 aliphatic heterocycles. The molecule has 3 nitrogen and oxygen atoms in total. The van der Waals surface area contributed by atoms with Crippen LogP contribution in [0.1, 0.15) is 66.2 Å². The molecule has 1 aliphatic carbocycles. The maximum absolute atomic E-state index is 12.8. The largest absolute Gasteiger partial charge is 0.353 e. The fourth-order valence-electron chi connectivity index (χ4n) is 4.06. The molecule has 0 aromatic carbocycles. The average Bonchev–Trinajstić information content (AvgIpc) is 2.88. The molecule has 0 aromatic rings. The van der Waals surface area contributed by atoms with Crippen LogP contribution in [0.15, 0.2) is 0 Å². The molecular formula is C17H32N2O. The van der Waals surface area contributed by atoms with E-state index < -0.39 is 0 Å². The lowest BCUT2D eigenvalue weighted by atomic mass is 9.69. The van der Waals surface area contributed by atoms with Gasteiger partial charge in [0.1, 0.15) is 0 Å². The summed E-state index contributed by atoms with van der Waals surface area (Å²) in [4.78, 5) is 12.8. The summed E-state index contributed by atoms with van der Waals surface area (Å²) in [5.41, 5.74) is 0.131. The monoisotopic (exact) mass is 280 g/mol. The molecule has 0 bridgehead atoms. The molecule has 3 heteroatoms. The second-order valence-corrected chi connectivity index (χ2v) is 7.90. The zero-order valence-corrected chi connectivity index (χ0v) is 13.7. The van der Waals surface area contributed by atoms with Gasteiger partial charge in [0, 0.05) is 12.6 Å². The Kier molecular flexibility index (Phi) is 4.78. The van der Waals surface area contributed by atoms with Gasteiger partial charge >= 0.3 is 0 Å². The summed E-state index contributed by atoms with van der Waals surface area (Å²) in [6.07, 6.45) is 6.91. The molecule has 116 valence electrons. The minimum absolute atomic E-state index is 0.153. The number of amides is 1. The first-order valence-corrected chi connectivity index (χ1v) is 8.41. The molecule has 2 aliphatic rings. The van der Waals surface area contributed by atoms with Gasteiger partial charge in [0.2, 0.25) is 5.91 Å². The lowest BCUT2D eigenvalue weighted by Crippen LogP contribution is -2.52. The molecule has 1 amide bonds. The zero-order chi connectivity index (χ0) is 14.8. The molecule has 0 spiro atoms. The van der Waals surface area contributed by atoms with Crippen molar-refractivity contribution in [1.82, 2.24) is 10.6 Å². The van der Waals surface area contributed by atoms with Crippen molar-refractivity contribution in [3.8, 4) is 0 Å². The fourth-order valence-corrected chi connectivity index (χ4v) is 4.06. The Morgan fingerprint density at radius 2 is 2.00 bits per heavy atom. The van der Waals surface area contributed by atoms with Crippen LogP contribution in [0, 0.1) is 16.7 Å². The Labute approximate surface area is 124 Å². The minimum Gasteiger partial charge on any atom is -0.353 e. The van der Waals surface area contributed by atoms with E-state index in [2.05, 4.69) is 38.3 Å². The number of hydrogen-bond acceptors (Lipinski definition) is 2. The summed E-state index contributed by atoms with van der Waals surface area (Å²) in [6, 6.07) is 0.375. The van der Waals surface area contributed by atoms with E-state index in [1.165, 1.54) is 19.3 Å². The van der Waals surface area contributed by atoms with Crippen molar-refractivity contribution in [2.24, 2.45) is 16.7 Å². The van der Waals surface area contributed by atoms with Gasteiger partial charge in [-0.25, -0.2) is 0 Å². The van der Waals surface area contributed by atoms with Gasteiger partial charge in [-0.1, -0.05) is 40.5 Å².